The summed E-state index contributed by atoms with van der Waals surface area (Å²) < 4.78 is 1.79. The Bertz CT molecular complexity index is 414. The van der Waals surface area contributed by atoms with Crippen LogP contribution in [0.15, 0.2) is 12.1 Å². The number of nitrogens with two attached hydrogens (primary N) is 1. The average molecular weight is 218 g/mol. The Morgan fingerprint density at radius 2 is 2.17 bits per heavy atom. The van der Waals surface area contributed by atoms with Gasteiger partial charge in [-0.25, -0.2) is 0 Å². The van der Waals surface area contributed by atoms with Gasteiger partial charge < -0.3 is 5.73 Å². The molecule has 1 amide bonds. The van der Waals surface area contributed by atoms with E-state index in [2.05, 4.69) is 0 Å². The fraction of sp³-hybridized carbons (Fsp3) is 0. The molecule has 0 aliphatic heterocycles. The zero-order valence-electron chi connectivity index (χ0n) is 5.83. The van der Waals surface area contributed by atoms with Crippen molar-refractivity contribution in [3.8, 4) is 0 Å². The lowest BCUT2D eigenvalue weighted by atomic mass is 10.3. The molecule has 0 radical (unpaired) electrons. The summed E-state index contributed by atoms with van der Waals surface area (Å²) >= 11 is 8.62. The van der Waals surface area contributed by atoms with Crippen molar-refractivity contribution in [2.75, 3.05) is 0 Å². The lowest BCUT2D eigenvalue weighted by Gasteiger charge is -1.82. The van der Waals surface area contributed by atoms with E-state index < -0.39 is 0 Å². The van der Waals surface area contributed by atoms with E-state index in [4.69, 9.17) is 17.3 Å². The fourth-order valence-corrected chi connectivity index (χ4v) is 3.44. The molecule has 2 N–H and O–H groups in total. The van der Waals surface area contributed by atoms with E-state index in [1.165, 1.54) is 22.7 Å². The van der Waals surface area contributed by atoms with Gasteiger partial charge in [0.2, 0.25) is 0 Å². The van der Waals surface area contributed by atoms with E-state index in [0.29, 0.717) is 4.88 Å². The molecule has 2 aromatic heterocycles. The van der Waals surface area contributed by atoms with Crippen LogP contribution in [0, 0.1) is 0 Å². The molecule has 5 heteroatoms. The van der Waals surface area contributed by atoms with Gasteiger partial charge in [-0.1, -0.05) is 11.6 Å². The van der Waals surface area contributed by atoms with Crippen molar-refractivity contribution in [1.29, 1.82) is 0 Å². The molecule has 0 spiro atoms. The van der Waals surface area contributed by atoms with Crippen molar-refractivity contribution in [3.05, 3.63) is 21.3 Å². The standard InChI is InChI=1S/C7H4ClNOS2/c8-5-2-3-1-4(6(9)10)11-7(3)12-5/h1-2H,(H2,9,10). The van der Waals surface area contributed by atoms with E-state index in [1.54, 1.807) is 6.07 Å². The molecule has 0 atom stereocenters. The van der Waals surface area contributed by atoms with E-state index in [-0.39, 0.29) is 5.91 Å². The number of hydrogen-bond acceptors (Lipinski definition) is 3. The van der Waals surface area contributed by atoms with Crippen LogP contribution in [0.25, 0.3) is 9.40 Å². The van der Waals surface area contributed by atoms with Gasteiger partial charge in [-0.2, -0.15) is 0 Å². The first-order valence-electron chi connectivity index (χ1n) is 3.15. The molecule has 0 aliphatic rings. The van der Waals surface area contributed by atoms with Crippen molar-refractivity contribution >= 4 is 49.6 Å². The number of carbonyl (C=O) groups is 1. The normalized spacial score (nSPS) is 10.8. The lowest BCUT2D eigenvalue weighted by molar-refractivity contribution is 0.100. The molecule has 0 aromatic carbocycles. The Labute approximate surface area is 81.6 Å². The summed E-state index contributed by atoms with van der Waals surface area (Å²) in [5, 5.41) is 1.00. The third-order valence-electron chi connectivity index (χ3n) is 1.43. The predicted molar refractivity (Wildman–Crippen MR) is 53.2 cm³/mol. The third-order valence-corrected chi connectivity index (χ3v) is 3.96. The van der Waals surface area contributed by atoms with Crippen LogP contribution in [0.5, 0.6) is 0 Å². The molecule has 2 rings (SSSR count). The van der Waals surface area contributed by atoms with E-state index in [9.17, 15) is 4.79 Å². The van der Waals surface area contributed by atoms with Gasteiger partial charge in [-0.05, 0) is 12.1 Å². The third kappa shape index (κ3) is 1.22. The molecule has 2 heterocycles. The number of hydrogen-bond donors (Lipinski definition) is 1. The molecular weight excluding hydrogens is 214 g/mol. The topological polar surface area (TPSA) is 43.1 Å². The highest BCUT2D eigenvalue weighted by atomic mass is 35.5. The van der Waals surface area contributed by atoms with Crippen LogP contribution < -0.4 is 5.73 Å². The minimum atomic E-state index is -0.375. The Balaban J connectivity index is 2.64. The zero-order valence-corrected chi connectivity index (χ0v) is 8.22. The number of thiophene rings is 2. The smallest absolute Gasteiger partial charge is 0.258 e. The maximum Gasteiger partial charge on any atom is 0.258 e. The highest BCUT2D eigenvalue weighted by Gasteiger charge is 2.08. The van der Waals surface area contributed by atoms with E-state index >= 15 is 0 Å². The number of primary amides is 1. The minimum Gasteiger partial charge on any atom is -0.365 e. The van der Waals surface area contributed by atoms with Gasteiger partial charge in [0.1, 0.15) is 0 Å². The van der Waals surface area contributed by atoms with Crippen molar-refractivity contribution in [3.63, 3.8) is 0 Å². The maximum atomic E-state index is 10.8. The van der Waals surface area contributed by atoms with Crippen LogP contribution in [0.4, 0.5) is 0 Å². The van der Waals surface area contributed by atoms with Crippen LogP contribution in [-0.2, 0) is 0 Å². The second-order valence-corrected chi connectivity index (χ2v) is 5.26. The second-order valence-electron chi connectivity index (χ2n) is 2.27. The SMILES string of the molecule is NC(=O)c1cc2cc(Cl)sc2s1. The van der Waals surface area contributed by atoms with Gasteiger partial charge in [0, 0.05) is 5.39 Å². The Kier molecular flexibility index (Phi) is 1.83. The monoisotopic (exact) mass is 217 g/mol. The van der Waals surface area contributed by atoms with Crippen molar-refractivity contribution in [2.24, 2.45) is 5.73 Å². The molecule has 0 bridgehead atoms. The summed E-state index contributed by atoms with van der Waals surface area (Å²) in [6.07, 6.45) is 0. The van der Waals surface area contributed by atoms with Gasteiger partial charge >= 0.3 is 0 Å². The first-order valence-corrected chi connectivity index (χ1v) is 5.16. The molecule has 0 unspecified atom stereocenters. The molecule has 2 aromatic rings. The quantitative estimate of drug-likeness (QED) is 0.784. The second kappa shape index (κ2) is 2.73. The zero-order chi connectivity index (χ0) is 8.72. The summed E-state index contributed by atoms with van der Waals surface area (Å²) in [4.78, 5) is 11.3. The summed E-state index contributed by atoms with van der Waals surface area (Å²) in [5.41, 5.74) is 5.12. The summed E-state index contributed by atoms with van der Waals surface area (Å²) in [6.45, 7) is 0. The molecule has 0 fully saturated rings. The average Bonchev–Trinajstić information content (AvgIpc) is 2.42. The van der Waals surface area contributed by atoms with Crippen molar-refractivity contribution in [2.45, 2.75) is 0 Å². The van der Waals surface area contributed by atoms with Gasteiger partial charge in [0.05, 0.1) is 13.2 Å². The molecular formula is C7H4ClNOS2. The molecule has 0 aliphatic carbocycles. The Hall–Kier alpha value is -0.580. The van der Waals surface area contributed by atoms with Crippen LogP contribution >= 0.6 is 34.3 Å². The summed E-state index contributed by atoms with van der Waals surface area (Å²) in [5.74, 6) is -0.375. The van der Waals surface area contributed by atoms with Crippen molar-refractivity contribution in [1.82, 2.24) is 0 Å². The largest absolute Gasteiger partial charge is 0.365 e. The highest BCUT2D eigenvalue weighted by molar-refractivity contribution is 7.40. The summed E-state index contributed by atoms with van der Waals surface area (Å²) in [6, 6.07) is 3.61. The van der Waals surface area contributed by atoms with E-state index in [1.807, 2.05) is 6.07 Å². The minimum absolute atomic E-state index is 0.375. The number of carbonyl (C=O) groups excluding carboxylic acids is 1. The van der Waals surface area contributed by atoms with Crippen LogP contribution in [-0.4, -0.2) is 5.91 Å². The van der Waals surface area contributed by atoms with Gasteiger partial charge in [0.15, 0.2) is 0 Å². The summed E-state index contributed by atoms with van der Waals surface area (Å²) in [7, 11) is 0. The highest BCUT2D eigenvalue weighted by Crippen LogP contribution is 2.35. The molecule has 0 saturated heterocycles. The predicted octanol–water partition coefficient (Wildman–Crippen LogP) is 2.72. The Morgan fingerprint density at radius 1 is 1.42 bits per heavy atom. The first kappa shape index (κ1) is 8.04. The number of amides is 1. The van der Waals surface area contributed by atoms with E-state index in [0.717, 1.165) is 13.7 Å². The first-order chi connectivity index (χ1) is 5.66. The van der Waals surface area contributed by atoms with Crippen LogP contribution in [0.1, 0.15) is 9.67 Å². The molecule has 2 nitrogen and oxygen atoms in total. The van der Waals surface area contributed by atoms with Crippen LogP contribution in [0.3, 0.4) is 0 Å². The lowest BCUT2D eigenvalue weighted by Crippen LogP contribution is -2.07. The van der Waals surface area contributed by atoms with Gasteiger partial charge in [-0.15, -0.1) is 22.7 Å². The number of halogens is 1. The number of rotatable bonds is 1. The molecule has 62 valence electrons. The number of fused-ring (bicyclic) bond motifs is 1. The van der Waals surface area contributed by atoms with Gasteiger partial charge in [0.25, 0.3) is 5.91 Å². The molecule has 12 heavy (non-hydrogen) atoms. The van der Waals surface area contributed by atoms with Crippen LogP contribution in [0.2, 0.25) is 4.34 Å². The fourth-order valence-electron chi connectivity index (χ4n) is 0.930. The van der Waals surface area contributed by atoms with Crippen molar-refractivity contribution < 1.29 is 4.79 Å². The van der Waals surface area contributed by atoms with Gasteiger partial charge in [-0.3, -0.25) is 4.79 Å². The molecule has 0 saturated carbocycles. The maximum absolute atomic E-state index is 10.8. The Morgan fingerprint density at radius 3 is 2.75 bits per heavy atom.